The standard InChI is InChI=1S/C8H12N4O2/c1-4-11(3)8-7(12(13)14)5-9-6(2)10-8/h5H,4H2,1-3H3. The highest BCUT2D eigenvalue weighted by Gasteiger charge is 2.18. The number of rotatable bonds is 3. The van der Waals surface area contributed by atoms with Crippen molar-refractivity contribution in [2.75, 3.05) is 18.5 Å². The summed E-state index contributed by atoms with van der Waals surface area (Å²) in [5.41, 5.74) is -0.0556. The fourth-order valence-corrected chi connectivity index (χ4v) is 1.01. The van der Waals surface area contributed by atoms with E-state index in [0.29, 0.717) is 18.2 Å². The number of anilines is 1. The predicted molar refractivity (Wildman–Crippen MR) is 52.4 cm³/mol. The fraction of sp³-hybridized carbons (Fsp3) is 0.500. The monoisotopic (exact) mass is 196 g/mol. The first kappa shape index (κ1) is 10.4. The second-order valence-electron chi connectivity index (χ2n) is 2.90. The Morgan fingerprint density at radius 1 is 1.64 bits per heavy atom. The maximum atomic E-state index is 10.7. The summed E-state index contributed by atoms with van der Waals surface area (Å²) in [4.78, 5) is 19.7. The van der Waals surface area contributed by atoms with Gasteiger partial charge in [0.1, 0.15) is 12.0 Å². The molecule has 1 heterocycles. The Labute approximate surface area is 81.7 Å². The Morgan fingerprint density at radius 2 is 2.29 bits per heavy atom. The minimum Gasteiger partial charge on any atom is -0.354 e. The molecule has 0 atom stereocenters. The van der Waals surface area contributed by atoms with Crippen LogP contribution in [0.5, 0.6) is 0 Å². The van der Waals surface area contributed by atoms with Gasteiger partial charge in [-0.2, -0.15) is 0 Å². The summed E-state index contributed by atoms with van der Waals surface area (Å²) in [5, 5.41) is 10.7. The minimum absolute atomic E-state index is 0.0556. The van der Waals surface area contributed by atoms with Crippen molar-refractivity contribution >= 4 is 11.5 Å². The van der Waals surface area contributed by atoms with Crippen molar-refractivity contribution in [1.29, 1.82) is 0 Å². The van der Waals surface area contributed by atoms with Gasteiger partial charge in [0.25, 0.3) is 0 Å². The van der Waals surface area contributed by atoms with E-state index >= 15 is 0 Å². The molecule has 76 valence electrons. The molecule has 6 nitrogen and oxygen atoms in total. The van der Waals surface area contributed by atoms with Gasteiger partial charge >= 0.3 is 5.69 Å². The first-order chi connectivity index (χ1) is 6.56. The lowest BCUT2D eigenvalue weighted by molar-refractivity contribution is -0.384. The number of hydrogen-bond donors (Lipinski definition) is 0. The van der Waals surface area contributed by atoms with Gasteiger partial charge < -0.3 is 4.90 Å². The molecule has 0 fully saturated rings. The van der Waals surface area contributed by atoms with Crippen LogP contribution in [0.25, 0.3) is 0 Å². The van der Waals surface area contributed by atoms with Gasteiger partial charge in [0, 0.05) is 13.6 Å². The molecule has 1 aromatic rings. The second kappa shape index (κ2) is 3.99. The molecule has 0 N–H and O–H groups in total. The Balaban J connectivity index is 3.22. The molecule has 14 heavy (non-hydrogen) atoms. The quantitative estimate of drug-likeness (QED) is 0.535. The van der Waals surface area contributed by atoms with Gasteiger partial charge in [0.2, 0.25) is 5.82 Å². The van der Waals surface area contributed by atoms with E-state index in [-0.39, 0.29) is 5.69 Å². The average Bonchev–Trinajstić information content (AvgIpc) is 2.16. The van der Waals surface area contributed by atoms with E-state index in [4.69, 9.17) is 0 Å². The van der Waals surface area contributed by atoms with E-state index in [9.17, 15) is 10.1 Å². The Kier molecular flexibility index (Phi) is 2.95. The molecule has 0 bridgehead atoms. The zero-order chi connectivity index (χ0) is 10.7. The summed E-state index contributed by atoms with van der Waals surface area (Å²) in [5.74, 6) is 0.899. The Bertz CT molecular complexity index is 353. The highest BCUT2D eigenvalue weighted by atomic mass is 16.6. The third-order valence-electron chi connectivity index (χ3n) is 1.90. The van der Waals surface area contributed by atoms with Crippen LogP contribution in [0.2, 0.25) is 0 Å². The van der Waals surface area contributed by atoms with E-state index in [2.05, 4.69) is 9.97 Å². The summed E-state index contributed by atoms with van der Waals surface area (Å²) < 4.78 is 0. The van der Waals surface area contributed by atoms with Gasteiger partial charge in [-0.05, 0) is 13.8 Å². The normalized spacial score (nSPS) is 9.93. The van der Waals surface area contributed by atoms with Crippen molar-refractivity contribution in [3.8, 4) is 0 Å². The Morgan fingerprint density at radius 3 is 2.79 bits per heavy atom. The lowest BCUT2D eigenvalue weighted by Crippen LogP contribution is -2.19. The first-order valence-corrected chi connectivity index (χ1v) is 4.25. The topological polar surface area (TPSA) is 72.2 Å². The highest BCUT2D eigenvalue weighted by molar-refractivity contribution is 5.55. The van der Waals surface area contributed by atoms with Crippen LogP contribution in [0.4, 0.5) is 11.5 Å². The molecule has 1 rings (SSSR count). The highest BCUT2D eigenvalue weighted by Crippen LogP contribution is 2.23. The van der Waals surface area contributed by atoms with Crippen LogP contribution in [0.3, 0.4) is 0 Å². The van der Waals surface area contributed by atoms with Crippen LogP contribution in [0.15, 0.2) is 6.20 Å². The molecule has 0 aromatic carbocycles. The SMILES string of the molecule is CCN(C)c1nc(C)ncc1[N+](=O)[O-]. The van der Waals surface area contributed by atoms with Crippen molar-refractivity contribution in [3.63, 3.8) is 0 Å². The second-order valence-corrected chi connectivity index (χ2v) is 2.90. The number of aromatic nitrogens is 2. The van der Waals surface area contributed by atoms with Crippen molar-refractivity contribution in [1.82, 2.24) is 9.97 Å². The van der Waals surface area contributed by atoms with E-state index in [1.54, 1.807) is 18.9 Å². The molecule has 0 amide bonds. The molecule has 1 aromatic heterocycles. The minimum atomic E-state index is -0.471. The maximum absolute atomic E-state index is 10.7. The molecular weight excluding hydrogens is 184 g/mol. The molecular formula is C8H12N4O2. The molecule has 0 radical (unpaired) electrons. The van der Waals surface area contributed by atoms with Crippen LogP contribution >= 0.6 is 0 Å². The van der Waals surface area contributed by atoms with Gasteiger partial charge in [0.05, 0.1) is 4.92 Å². The van der Waals surface area contributed by atoms with Gasteiger partial charge in [-0.25, -0.2) is 9.97 Å². The number of nitrogens with zero attached hydrogens (tertiary/aromatic N) is 4. The molecule has 0 saturated carbocycles. The maximum Gasteiger partial charge on any atom is 0.329 e. The van der Waals surface area contributed by atoms with Gasteiger partial charge in [0.15, 0.2) is 0 Å². The van der Waals surface area contributed by atoms with Crippen molar-refractivity contribution in [3.05, 3.63) is 22.1 Å². The Hall–Kier alpha value is -1.72. The van der Waals surface area contributed by atoms with Gasteiger partial charge in [-0.1, -0.05) is 0 Å². The van der Waals surface area contributed by atoms with Crippen LogP contribution in [-0.4, -0.2) is 28.5 Å². The lowest BCUT2D eigenvalue weighted by atomic mass is 10.4. The predicted octanol–water partition coefficient (Wildman–Crippen LogP) is 1.15. The fourth-order valence-electron chi connectivity index (χ4n) is 1.01. The first-order valence-electron chi connectivity index (χ1n) is 4.25. The zero-order valence-corrected chi connectivity index (χ0v) is 8.39. The third-order valence-corrected chi connectivity index (χ3v) is 1.90. The largest absolute Gasteiger partial charge is 0.354 e. The lowest BCUT2D eigenvalue weighted by Gasteiger charge is -2.14. The zero-order valence-electron chi connectivity index (χ0n) is 8.39. The number of nitro groups is 1. The number of aryl methyl sites for hydroxylation is 1. The summed E-state index contributed by atoms with van der Waals surface area (Å²) in [6.45, 7) is 4.27. The molecule has 6 heteroatoms. The smallest absolute Gasteiger partial charge is 0.329 e. The van der Waals surface area contributed by atoms with Crippen LogP contribution in [-0.2, 0) is 0 Å². The van der Waals surface area contributed by atoms with E-state index in [1.165, 1.54) is 6.20 Å². The number of hydrogen-bond acceptors (Lipinski definition) is 5. The van der Waals surface area contributed by atoms with E-state index in [0.717, 1.165) is 0 Å². The van der Waals surface area contributed by atoms with E-state index in [1.807, 2.05) is 6.92 Å². The molecule has 0 saturated heterocycles. The van der Waals surface area contributed by atoms with E-state index < -0.39 is 4.92 Å². The summed E-state index contributed by atoms with van der Waals surface area (Å²) in [6, 6.07) is 0. The van der Waals surface area contributed by atoms with Gasteiger partial charge in [-0.15, -0.1) is 0 Å². The third kappa shape index (κ3) is 1.95. The summed E-state index contributed by atoms with van der Waals surface area (Å²) in [7, 11) is 1.76. The molecule has 0 aliphatic rings. The van der Waals surface area contributed by atoms with Crippen molar-refractivity contribution in [2.45, 2.75) is 13.8 Å². The van der Waals surface area contributed by atoms with Crippen LogP contribution in [0.1, 0.15) is 12.7 Å². The van der Waals surface area contributed by atoms with Gasteiger partial charge in [-0.3, -0.25) is 10.1 Å². The molecule has 0 spiro atoms. The van der Waals surface area contributed by atoms with Crippen LogP contribution in [0, 0.1) is 17.0 Å². The van der Waals surface area contributed by atoms with Crippen LogP contribution < -0.4 is 4.90 Å². The molecule has 0 unspecified atom stereocenters. The average molecular weight is 196 g/mol. The summed E-state index contributed by atoms with van der Waals surface area (Å²) in [6.07, 6.45) is 1.24. The summed E-state index contributed by atoms with van der Waals surface area (Å²) >= 11 is 0. The van der Waals surface area contributed by atoms with Crippen molar-refractivity contribution in [2.24, 2.45) is 0 Å². The molecule has 0 aliphatic carbocycles. The molecule has 0 aliphatic heterocycles. The van der Waals surface area contributed by atoms with Crippen molar-refractivity contribution < 1.29 is 4.92 Å².